The minimum absolute atomic E-state index is 0.135. The molecule has 3 N–H and O–H groups in total. The van der Waals surface area contributed by atoms with E-state index in [0.717, 1.165) is 44.0 Å². The molecule has 2 aromatic carbocycles. The summed E-state index contributed by atoms with van der Waals surface area (Å²) in [5, 5.41) is 0. The molecular formula is C20H26N4O2. The number of nitrogens with two attached hydrogens (primary N) is 1. The molecule has 3 rings (SSSR count). The van der Waals surface area contributed by atoms with Gasteiger partial charge in [-0.2, -0.15) is 0 Å². The van der Waals surface area contributed by atoms with Crippen LogP contribution in [0.15, 0.2) is 54.6 Å². The average Bonchev–Trinajstić information content (AvgIpc) is 2.69. The van der Waals surface area contributed by atoms with Crippen LogP contribution in [0.4, 0.5) is 0 Å². The first-order valence-electron chi connectivity index (χ1n) is 8.93. The molecule has 0 aliphatic carbocycles. The molecule has 0 unspecified atom stereocenters. The van der Waals surface area contributed by atoms with E-state index in [1.54, 1.807) is 0 Å². The van der Waals surface area contributed by atoms with Gasteiger partial charge in [0.15, 0.2) is 0 Å². The van der Waals surface area contributed by atoms with Crippen LogP contribution >= 0.6 is 0 Å². The molecule has 26 heavy (non-hydrogen) atoms. The maximum absolute atomic E-state index is 11.3. The molecule has 6 nitrogen and oxygen atoms in total. The molecular weight excluding hydrogens is 328 g/mol. The maximum atomic E-state index is 11.3. The summed E-state index contributed by atoms with van der Waals surface area (Å²) in [6.45, 7) is 5.53. The van der Waals surface area contributed by atoms with E-state index < -0.39 is 0 Å². The van der Waals surface area contributed by atoms with Crippen molar-refractivity contribution in [2.24, 2.45) is 5.84 Å². The van der Waals surface area contributed by atoms with Crippen molar-refractivity contribution in [1.82, 2.24) is 15.2 Å². The Morgan fingerprint density at radius 2 is 1.58 bits per heavy atom. The van der Waals surface area contributed by atoms with Gasteiger partial charge in [0.1, 0.15) is 12.4 Å². The second kappa shape index (κ2) is 9.33. The topological polar surface area (TPSA) is 70.8 Å². The van der Waals surface area contributed by atoms with E-state index in [2.05, 4.69) is 39.5 Å². The van der Waals surface area contributed by atoms with Gasteiger partial charge in [-0.25, -0.2) is 5.84 Å². The van der Waals surface area contributed by atoms with Crippen molar-refractivity contribution in [1.29, 1.82) is 0 Å². The van der Waals surface area contributed by atoms with Crippen LogP contribution in [0.2, 0.25) is 0 Å². The van der Waals surface area contributed by atoms with Gasteiger partial charge < -0.3 is 4.74 Å². The minimum Gasteiger partial charge on any atom is -0.489 e. The molecule has 6 heteroatoms. The molecule has 1 saturated heterocycles. The third kappa shape index (κ3) is 5.56. The number of hydrogen-bond donors (Lipinski definition) is 2. The number of benzene rings is 2. The van der Waals surface area contributed by atoms with Crippen LogP contribution in [0.1, 0.15) is 11.1 Å². The predicted molar refractivity (Wildman–Crippen MR) is 101 cm³/mol. The highest BCUT2D eigenvalue weighted by Gasteiger charge is 2.18. The van der Waals surface area contributed by atoms with E-state index >= 15 is 0 Å². The average molecular weight is 354 g/mol. The summed E-state index contributed by atoms with van der Waals surface area (Å²) in [4.78, 5) is 15.8. The van der Waals surface area contributed by atoms with Crippen molar-refractivity contribution in [3.8, 4) is 5.75 Å². The normalized spacial score (nSPS) is 15.6. The van der Waals surface area contributed by atoms with Crippen molar-refractivity contribution in [3.05, 3.63) is 65.7 Å². The van der Waals surface area contributed by atoms with Crippen molar-refractivity contribution in [2.75, 3.05) is 32.7 Å². The molecule has 0 aromatic heterocycles. The highest BCUT2D eigenvalue weighted by atomic mass is 16.5. The number of rotatable bonds is 7. The summed E-state index contributed by atoms with van der Waals surface area (Å²) in [6.07, 6.45) is 0. The highest BCUT2D eigenvalue weighted by molar-refractivity contribution is 5.77. The van der Waals surface area contributed by atoms with Crippen molar-refractivity contribution in [2.45, 2.75) is 13.2 Å². The summed E-state index contributed by atoms with van der Waals surface area (Å²) in [5.74, 6) is 5.89. The Kier molecular flexibility index (Phi) is 6.60. The maximum Gasteiger partial charge on any atom is 0.248 e. The number of hydrazine groups is 1. The van der Waals surface area contributed by atoms with E-state index in [1.807, 2.05) is 30.3 Å². The van der Waals surface area contributed by atoms with Gasteiger partial charge in [-0.15, -0.1) is 0 Å². The standard InChI is InChI=1S/C20H26N4O2/c21-22-20(25)15-24-12-10-23(11-13-24)14-17-6-8-19(9-7-17)26-16-18-4-2-1-3-5-18/h1-9H,10-16,21H2,(H,22,25). The van der Waals surface area contributed by atoms with Gasteiger partial charge in [-0.05, 0) is 23.3 Å². The van der Waals surface area contributed by atoms with Crippen LogP contribution in [-0.4, -0.2) is 48.4 Å². The van der Waals surface area contributed by atoms with Gasteiger partial charge >= 0.3 is 0 Å². The van der Waals surface area contributed by atoms with E-state index in [4.69, 9.17) is 10.6 Å². The van der Waals surface area contributed by atoms with E-state index in [-0.39, 0.29) is 5.91 Å². The first-order valence-corrected chi connectivity index (χ1v) is 8.93. The Hall–Kier alpha value is -2.41. The SMILES string of the molecule is NNC(=O)CN1CCN(Cc2ccc(OCc3ccccc3)cc2)CC1. The lowest BCUT2D eigenvalue weighted by molar-refractivity contribution is -0.122. The van der Waals surface area contributed by atoms with Crippen molar-refractivity contribution < 1.29 is 9.53 Å². The van der Waals surface area contributed by atoms with Gasteiger partial charge in [-0.3, -0.25) is 20.0 Å². The van der Waals surface area contributed by atoms with Gasteiger partial charge in [-0.1, -0.05) is 42.5 Å². The van der Waals surface area contributed by atoms with E-state index in [1.165, 1.54) is 5.56 Å². The molecule has 138 valence electrons. The Labute approximate surface area is 154 Å². The number of nitrogens with one attached hydrogen (secondary N) is 1. The Morgan fingerprint density at radius 3 is 2.23 bits per heavy atom. The third-order valence-electron chi connectivity index (χ3n) is 4.57. The van der Waals surface area contributed by atoms with Gasteiger partial charge in [0, 0.05) is 32.7 Å². The first kappa shape index (κ1) is 18.4. The fourth-order valence-electron chi connectivity index (χ4n) is 3.04. The van der Waals surface area contributed by atoms with Crippen LogP contribution in [-0.2, 0) is 17.9 Å². The molecule has 1 amide bonds. The van der Waals surface area contributed by atoms with Gasteiger partial charge in [0.05, 0.1) is 6.54 Å². The third-order valence-corrected chi connectivity index (χ3v) is 4.57. The number of piperazine rings is 1. The second-order valence-electron chi connectivity index (χ2n) is 6.54. The number of carbonyl (C=O) groups is 1. The quantitative estimate of drug-likeness (QED) is 0.446. The zero-order chi connectivity index (χ0) is 18.2. The summed E-state index contributed by atoms with van der Waals surface area (Å²) >= 11 is 0. The summed E-state index contributed by atoms with van der Waals surface area (Å²) < 4.78 is 5.83. The summed E-state index contributed by atoms with van der Waals surface area (Å²) in [6, 6.07) is 18.5. The van der Waals surface area contributed by atoms with E-state index in [0.29, 0.717) is 13.2 Å². The Morgan fingerprint density at radius 1 is 0.923 bits per heavy atom. The van der Waals surface area contributed by atoms with Crippen LogP contribution in [0.3, 0.4) is 0 Å². The predicted octanol–water partition coefficient (Wildman–Crippen LogP) is 1.37. The molecule has 0 atom stereocenters. The largest absolute Gasteiger partial charge is 0.489 e. The zero-order valence-corrected chi connectivity index (χ0v) is 14.9. The van der Waals surface area contributed by atoms with Crippen molar-refractivity contribution in [3.63, 3.8) is 0 Å². The molecule has 1 fully saturated rings. The van der Waals surface area contributed by atoms with Crippen LogP contribution in [0, 0.1) is 0 Å². The zero-order valence-electron chi connectivity index (χ0n) is 14.9. The second-order valence-corrected chi connectivity index (χ2v) is 6.54. The monoisotopic (exact) mass is 354 g/mol. The molecule has 1 aliphatic heterocycles. The smallest absolute Gasteiger partial charge is 0.248 e. The van der Waals surface area contributed by atoms with E-state index in [9.17, 15) is 4.79 Å². The van der Waals surface area contributed by atoms with Crippen LogP contribution < -0.4 is 16.0 Å². The van der Waals surface area contributed by atoms with Gasteiger partial charge in [0.25, 0.3) is 0 Å². The minimum atomic E-state index is -0.135. The number of carbonyl (C=O) groups excluding carboxylic acids is 1. The summed E-state index contributed by atoms with van der Waals surface area (Å²) in [5.41, 5.74) is 4.62. The molecule has 0 spiro atoms. The lowest BCUT2D eigenvalue weighted by Gasteiger charge is -2.34. The Balaban J connectivity index is 1.42. The molecule has 1 heterocycles. The molecule has 0 radical (unpaired) electrons. The first-order chi connectivity index (χ1) is 12.7. The van der Waals surface area contributed by atoms with Crippen molar-refractivity contribution >= 4 is 5.91 Å². The number of amides is 1. The molecule has 0 saturated carbocycles. The van der Waals surface area contributed by atoms with Crippen LogP contribution in [0.5, 0.6) is 5.75 Å². The number of ether oxygens (including phenoxy) is 1. The molecule has 2 aromatic rings. The lowest BCUT2D eigenvalue weighted by atomic mass is 10.2. The highest BCUT2D eigenvalue weighted by Crippen LogP contribution is 2.16. The fraction of sp³-hybridized carbons (Fsp3) is 0.350. The fourth-order valence-corrected chi connectivity index (χ4v) is 3.04. The number of hydrogen-bond acceptors (Lipinski definition) is 5. The molecule has 0 bridgehead atoms. The Bertz CT molecular complexity index is 683. The lowest BCUT2D eigenvalue weighted by Crippen LogP contribution is -2.49. The summed E-state index contributed by atoms with van der Waals surface area (Å²) in [7, 11) is 0. The number of nitrogens with zero attached hydrogens (tertiary/aromatic N) is 2. The van der Waals surface area contributed by atoms with Gasteiger partial charge in [0.2, 0.25) is 5.91 Å². The van der Waals surface area contributed by atoms with Crippen LogP contribution in [0.25, 0.3) is 0 Å². The molecule has 1 aliphatic rings.